The molecule has 0 unspecified atom stereocenters. The summed E-state index contributed by atoms with van der Waals surface area (Å²) in [7, 11) is 0. The molecule has 152 valence electrons. The highest BCUT2D eigenvalue weighted by molar-refractivity contribution is 9.10. The summed E-state index contributed by atoms with van der Waals surface area (Å²) in [6.07, 6.45) is 3.39. The lowest BCUT2D eigenvalue weighted by Crippen LogP contribution is -2.20. The van der Waals surface area contributed by atoms with Gasteiger partial charge in [-0.05, 0) is 48.4 Å². The first-order valence-corrected chi connectivity index (χ1v) is 9.86. The summed E-state index contributed by atoms with van der Waals surface area (Å²) in [6, 6.07) is 13.4. The van der Waals surface area contributed by atoms with Gasteiger partial charge in [-0.3, -0.25) is 5.32 Å². The highest BCUT2D eigenvalue weighted by atomic mass is 79.9. The number of nitrogens with zero attached hydrogens (tertiary/aromatic N) is 3. The molecule has 0 aliphatic carbocycles. The van der Waals surface area contributed by atoms with Crippen LogP contribution in [-0.4, -0.2) is 22.5 Å². The van der Waals surface area contributed by atoms with Gasteiger partial charge in [0.05, 0.1) is 12.4 Å². The van der Waals surface area contributed by atoms with E-state index in [1.165, 1.54) is 24.5 Å². The van der Waals surface area contributed by atoms with Gasteiger partial charge in [0.2, 0.25) is 0 Å². The van der Waals surface area contributed by atoms with Gasteiger partial charge in [0.15, 0.2) is 11.5 Å². The van der Waals surface area contributed by atoms with Gasteiger partial charge < -0.3 is 10.6 Å². The quantitative estimate of drug-likeness (QED) is 0.450. The van der Waals surface area contributed by atoms with Crippen molar-refractivity contribution in [3.8, 4) is 6.07 Å². The fourth-order valence-electron chi connectivity index (χ4n) is 2.61. The van der Waals surface area contributed by atoms with Gasteiger partial charge in [0.1, 0.15) is 11.9 Å². The predicted octanol–water partition coefficient (Wildman–Crippen LogP) is 4.23. The van der Waals surface area contributed by atoms with Crippen LogP contribution in [0.3, 0.4) is 0 Å². The molecule has 2 amide bonds. The minimum absolute atomic E-state index is 0.174. The van der Waals surface area contributed by atoms with Gasteiger partial charge in [-0.1, -0.05) is 34.1 Å². The Balaban J connectivity index is 1.47. The molecule has 0 spiro atoms. The second-order valence-electron chi connectivity index (χ2n) is 6.34. The number of hydrogen-bond acceptors (Lipinski definition) is 5. The molecule has 0 aliphatic rings. The maximum absolute atomic E-state index is 12.9. The summed E-state index contributed by atoms with van der Waals surface area (Å²) in [4.78, 5) is 19.9. The summed E-state index contributed by atoms with van der Waals surface area (Å²) in [5, 5.41) is 17.3. The van der Waals surface area contributed by atoms with Gasteiger partial charge in [-0.2, -0.15) is 5.26 Å². The van der Waals surface area contributed by atoms with E-state index in [4.69, 9.17) is 5.26 Å². The van der Waals surface area contributed by atoms with Crippen molar-refractivity contribution in [1.29, 1.82) is 5.26 Å². The number of rotatable bonds is 7. The van der Waals surface area contributed by atoms with E-state index in [9.17, 15) is 9.18 Å². The Kier molecular flexibility index (Phi) is 7.43. The Morgan fingerprint density at radius 3 is 2.57 bits per heavy atom. The Hall–Kier alpha value is -3.35. The molecule has 0 radical (unpaired) electrons. The molecule has 0 bridgehead atoms. The van der Waals surface area contributed by atoms with Gasteiger partial charge >= 0.3 is 6.03 Å². The zero-order valence-electron chi connectivity index (χ0n) is 15.8. The van der Waals surface area contributed by atoms with Crippen LogP contribution in [0.15, 0.2) is 59.3 Å². The van der Waals surface area contributed by atoms with Crippen LogP contribution in [0.1, 0.15) is 16.8 Å². The van der Waals surface area contributed by atoms with Crippen LogP contribution in [0.5, 0.6) is 0 Å². The first kappa shape index (κ1) is 21.4. The number of benzene rings is 2. The van der Waals surface area contributed by atoms with Crippen molar-refractivity contribution in [3.05, 3.63) is 82.0 Å². The monoisotopic (exact) mass is 468 g/mol. The minimum Gasteiger partial charge on any atom is -0.312 e. The van der Waals surface area contributed by atoms with Crippen molar-refractivity contribution < 1.29 is 9.18 Å². The van der Waals surface area contributed by atoms with Gasteiger partial charge in [-0.15, -0.1) is 0 Å². The van der Waals surface area contributed by atoms with Crippen molar-refractivity contribution in [2.24, 2.45) is 0 Å². The largest absolute Gasteiger partial charge is 0.324 e. The van der Waals surface area contributed by atoms with E-state index in [2.05, 4.69) is 41.8 Å². The second kappa shape index (κ2) is 10.4. The lowest BCUT2D eigenvalue weighted by molar-refractivity contribution is 0.262. The van der Waals surface area contributed by atoms with Gasteiger partial charge in [-0.25, -0.2) is 19.2 Å². The van der Waals surface area contributed by atoms with Crippen LogP contribution in [0.2, 0.25) is 0 Å². The molecule has 1 heterocycles. The lowest BCUT2D eigenvalue weighted by Gasteiger charge is -2.10. The van der Waals surface area contributed by atoms with Crippen molar-refractivity contribution in [1.82, 2.24) is 15.3 Å². The molecule has 1 aromatic heterocycles. The van der Waals surface area contributed by atoms with E-state index in [1.807, 2.05) is 24.3 Å². The lowest BCUT2D eigenvalue weighted by atomic mass is 10.1. The zero-order chi connectivity index (χ0) is 21.3. The smallest absolute Gasteiger partial charge is 0.312 e. The van der Waals surface area contributed by atoms with E-state index in [-0.39, 0.29) is 17.3 Å². The van der Waals surface area contributed by atoms with Crippen molar-refractivity contribution in [3.63, 3.8) is 0 Å². The summed E-state index contributed by atoms with van der Waals surface area (Å²) in [6.45, 7) is 1.41. The number of carbonyl (C=O) groups is 1. The predicted molar refractivity (Wildman–Crippen MR) is 115 cm³/mol. The molecule has 0 saturated carbocycles. The van der Waals surface area contributed by atoms with Gasteiger partial charge in [0.25, 0.3) is 0 Å². The number of amides is 2. The standard InChI is InChI=1S/C21H18BrFN6O/c22-19-9-17(28-21(30)29-20-13-26-18(10-24)12-27-20)6-3-15(19)7-8-25-11-14-1-4-16(23)5-2-14/h1-6,9,12-13,25H,7-8,11H2,(H2,27,28,29,30). The number of halogens is 2. The Bertz CT molecular complexity index is 1050. The molecule has 30 heavy (non-hydrogen) atoms. The Labute approximate surface area is 181 Å². The molecule has 7 nitrogen and oxygen atoms in total. The third-order valence-corrected chi connectivity index (χ3v) is 4.87. The summed E-state index contributed by atoms with van der Waals surface area (Å²) < 4.78 is 13.8. The van der Waals surface area contributed by atoms with Crippen LogP contribution in [0.25, 0.3) is 0 Å². The Morgan fingerprint density at radius 1 is 1.10 bits per heavy atom. The number of nitriles is 1. The summed E-state index contributed by atoms with van der Waals surface area (Å²) in [5.41, 5.74) is 2.90. The van der Waals surface area contributed by atoms with Crippen molar-refractivity contribution >= 4 is 33.5 Å². The molecule has 3 rings (SSSR count). The second-order valence-corrected chi connectivity index (χ2v) is 7.19. The first-order valence-electron chi connectivity index (χ1n) is 9.07. The third kappa shape index (κ3) is 6.34. The normalized spacial score (nSPS) is 10.3. The van der Waals surface area contributed by atoms with Crippen LogP contribution in [0.4, 0.5) is 20.7 Å². The number of hydrogen-bond donors (Lipinski definition) is 3. The van der Waals surface area contributed by atoms with Crippen LogP contribution in [0, 0.1) is 17.1 Å². The molecule has 0 saturated heterocycles. The number of aromatic nitrogens is 2. The van der Waals surface area contributed by atoms with Crippen molar-refractivity contribution in [2.45, 2.75) is 13.0 Å². The summed E-state index contributed by atoms with van der Waals surface area (Å²) in [5.74, 6) is 0.00399. The molecule has 0 atom stereocenters. The average molecular weight is 469 g/mol. The number of carbonyl (C=O) groups excluding carboxylic acids is 1. The number of nitrogens with one attached hydrogen (secondary N) is 3. The van der Waals surface area contributed by atoms with E-state index >= 15 is 0 Å². The zero-order valence-corrected chi connectivity index (χ0v) is 17.4. The van der Waals surface area contributed by atoms with Crippen LogP contribution >= 0.6 is 15.9 Å². The molecular weight excluding hydrogens is 451 g/mol. The fraction of sp³-hybridized carbons (Fsp3) is 0.143. The average Bonchev–Trinajstić information content (AvgIpc) is 2.74. The van der Waals surface area contributed by atoms with E-state index in [0.717, 1.165) is 28.6 Å². The fourth-order valence-corrected chi connectivity index (χ4v) is 3.19. The Morgan fingerprint density at radius 2 is 1.90 bits per heavy atom. The molecular formula is C21H18BrFN6O. The SMILES string of the molecule is N#Cc1cnc(NC(=O)Nc2ccc(CCNCc3ccc(F)cc3)c(Br)c2)cn1. The van der Waals surface area contributed by atoms with E-state index in [0.29, 0.717) is 12.2 Å². The van der Waals surface area contributed by atoms with Crippen LogP contribution in [-0.2, 0) is 13.0 Å². The van der Waals surface area contributed by atoms with E-state index in [1.54, 1.807) is 12.1 Å². The van der Waals surface area contributed by atoms with E-state index < -0.39 is 6.03 Å². The minimum atomic E-state index is -0.463. The molecule has 0 aliphatic heterocycles. The first-order chi connectivity index (χ1) is 14.5. The highest BCUT2D eigenvalue weighted by Gasteiger charge is 2.07. The molecule has 2 aromatic carbocycles. The number of anilines is 2. The maximum Gasteiger partial charge on any atom is 0.324 e. The van der Waals surface area contributed by atoms with Crippen LogP contribution < -0.4 is 16.0 Å². The molecule has 0 fully saturated rings. The topological polar surface area (TPSA) is 103 Å². The third-order valence-electron chi connectivity index (χ3n) is 4.13. The number of urea groups is 1. The van der Waals surface area contributed by atoms with Gasteiger partial charge in [0, 0.05) is 16.7 Å². The summed E-state index contributed by atoms with van der Waals surface area (Å²) >= 11 is 3.53. The highest BCUT2D eigenvalue weighted by Crippen LogP contribution is 2.22. The molecule has 3 aromatic rings. The van der Waals surface area contributed by atoms with Crippen molar-refractivity contribution in [2.75, 3.05) is 17.2 Å². The maximum atomic E-state index is 12.9. The molecule has 9 heteroatoms. The molecule has 3 N–H and O–H groups in total.